The first kappa shape index (κ1) is 11.7. The highest BCUT2D eigenvalue weighted by Gasteiger charge is 2.54. The van der Waals surface area contributed by atoms with E-state index < -0.39 is 0 Å². The first-order valence-corrected chi connectivity index (χ1v) is 7.55. The van der Waals surface area contributed by atoms with Crippen LogP contribution < -0.4 is 5.32 Å². The van der Waals surface area contributed by atoms with Gasteiger partial charge in [0, 0.05) is 23.8 Å². The van der Waals surface area contributed by atoms with Crippen molar-refractivity contribution in [2.45, 2.75) is 44.1 Å². The molecule has 1 saturated heterocycles. The molecule has 19 heavy (non-hydrogen) atoms. The second kappa shape index (κ2) is 3.92. The number of Topliss-reactive ketones (excluding diaryl/α,β-unsaturated/α-hetero) is 1. The van der Waals surface area contributed by atoms with Crippen molar-refractivity contribution in [3.63, 3.8) is 0 Å². The molecule has 4 rings (SSSR count). The lowest BCUT2D eigenvalue weighted by Crippen LogP contribution is -2.61. The van der Waals surface area contributed by atoms with Crippen LogP contribution in [0.2, 0.25) is 0 Å². The predicted molar refractivity (Wildman–Crippen MR) is 75.1 cm³/mol. The Kier molecular flexibility index (Phi) is 2.41. The third-order valence-electron chi connectivity index (χ3n) is 5.81. The molecular formula is C17H21NO. The summed E-state index contributed by atoms with van der Waals surface area (Å²) in [6.07, 6.45) is 4.12. The van der Waals surface area contributed by atoms with Crippen LogP contribution in [0.5, 0.6) is 0 Å². The van der Waals surface area contributed by atoms with E-state index >= 15 is 0 Å². The number of benzene rings is 1. The van der Waals surface area contributed by atoms with Crippen molar-refractivity contribution in [2.24, 2.45) is 11.8 Å². The smallest absolute Gasteiger partial charge is 0.136 e. The molecule has 2 aliphatic carbocycles. The largest absolute Gasteiger partial charge is 0.313 e. The summed E-state index contributed by atoms with van der Waals surface area (Å²) in [5, 5.41) is 3.71. The van der Waals surface area contributed by atoms with Gasteiger partial charge in [0.2, 0.25) is 0 Å². The number of hydrogen-bond acceptors (Lipinski definition) is 2. The van der Waals surface area contributed by atoms with Crippen molar-refractivity contribution in [1.82, 2.24) is 5.32 Å². The van der Waals surface area contributed by atoms with E-state index in [2.05, 4.69) is 36.5 Å². The second-order valence-electron chi connectivity index (χ2n) is 6.71. The van der Waals surface area contributed by atoms with E-state index in [1.165, 1.54) is 11.1 Å². The topological polar surface area (TPSA) is 29.1 Å². The van der Waals surface area contributed by atoms with Crippen LogP contribution in [0.15, 0.2) is 24.3 Å². The Bertz CT molecular complexity index is 538. The van der Waals surface area contributed by atoms with Crippen LogP contribution in [0, 0.1) is 11.8 Å². The fourth-order valence-electron chi connectivity index (χ4n) is 4.87. The van der Waals surface area contributed by atoms with Gasteiger partial charge in [-0.1, -0.05) is 31.2 Å². The molecule has 2 nitrogen and oxygen atoms in total. The molecule has 1 heterocycles. The summed E-state index contributed by atoms with van der Waals surface area (Å²) in [6.45, 7) is 3.18. The maximum atomic E-state index is 12.3. The summed E-state index contributed by atoms with van der Waals surface area (Å²) in [6, 6.07) is 9.41. The molecule has 0 spiro atoms. The van der Waals surface area contributed by atoms with Gasteiger partial charge in [0.25, 0.3) is 0 Å². The standard InChI is InChI=1S/C17H21NO/c1-11-8-14-15-9-12-4-2-3-5-13(12)17(14,6-7-18-15)10-16(11)19/h2-5,11,14-15,18H,6-10H2,1H3/t11-,14-,15+,17+/m0/s1. The zero-order chi connectivity index (χ0) is 13.0. The lowest BCUT2D eigenvalue weighted by atomic mass is 9.51. The third-order valence-corrected chi connectivity index (χ3v) is 5.81. The van der Waals surface area contributed by atoms with E-state index in [0.717, 1.165) is 32.2 Å². The molecule has 1 saturated carbocycles. The summed E-state index contributed by atoms with van der Waals surface area (Å²) in [7, 11) is 0. The molecule has 0 aromatic heterocycles. The number of nitrogens with one attached hydrogen (secondary N) is 1. The van der Waals surface area contributed by atoms with Crippen LogP contribution in [0.25, 0.3) is 0 Å². The molecule has 100 valence electrons. The summed E-state index contributed by atoms with van der Waals surface area (Å²) in [5.74, 6) is 1.39. The molecule has 0 unspecified atom stereocenters. The minimum Gasteiger partial charge on any atom is -0.313 e. The van der Waals surface area contributed by atoms with E-state index in [9.17, 15) is 4.79 Å². The molecule has 0 amide bonds. The highest BCUT2D eigenvalue weighted by atomic mass is 16.1. The summed E-state index contributed by atoms with van der Waals surface area (Å²) in [4.78, 5) is 12.3. The lowest BCUT2D eigenvalue weighted by molar-refractivity contribution is -0.129. The van der Waals surface area contributed by atoms with E-state index in [-0.39, 0.29) is 11.3 Å². The summed E-state index contributed by atoms with van der Waals surface area (Å²) in [5.41, 5.74) is 3.10. The lowest BCUT2D eigenvalue weighted by Gasteiger charge is -2.56. The summed E-state index contributed by atoms with van der Waals surface area (Å²) >= 11 is 0. The maximum absolute atomic E-state index is 12.3. The Balaban J connectivity index is 1.89. The molecule has 2 heteroatoms. The first-order valence-electron chi connectivity index (χ1n) is 7.55. The van der Waals surface area contributed by atoms with Gasteiger partial charge in [0.05, 0.1) is 0 Å². The average molecular weight is 255 g/mol. The Morgan fingerprint density at radius 3 is 3.05 bits per heavy atom. The van der Waals surface area contributed by atoms with Gasteiger partial charge in [-0.05, 0) is 42.9 Å². The van der Waals surface area contributed by atoms with Gasteiger partial charge in [-0.15, -0.1) is 0 Å². The molecular weight excluding hydrogens is 234 g/mol. The zero-order valence-electron chi connectivity index (χ0n) is 11.5. The highest BCUT2D eigenvalue weighted by Crippen LogP contribution is 2.53. The SMILES string of the molecule is C[C@H]1C[C@H]2[C@H]3Cc4ccccc4[C@@]2(CCN3)CC1=O. The van der Waals surface area contributed by atoms with Crippen molar-refractivity contribution in [2.75, 3.05) is 6.54 Å². The first-order chi connectivity index (χ1) is 9.21. The number of carbonyl (C=O) groups excluding carboxylic acids is 1. The Labute approximate surface area is 114 Å². The Morgan fingerprint density at radius 1 is 1.32 bits per heavy atom. The maximum Gasteiger partial charge on any atom is 0.136 e. The van der Waals surface area contributed by atoms with E-state index in [1.807, 2.05) is 0 Å². The van der Waals surface area contributed by atoms with Gasteiger partial charge < -0.3 is 5.32 Å². The van der Waals surface area contributed by atoms with Crippen LogP contribution in [-0.4, -0.2) is 18.4 Å². The van der Waals surface area contributed by atoms with Crippen molar-refractivity contribution in [1.29, 1.82) is 0 Å². The number of fused-ring (bicyclic) bond motifs is 1. The monoisotopic (exact) mass is 255 g/mol. The average Bonchev–Trinajstić information content (AvgIpc) is 2.40. The summed E-state index contributed by atoms with van der Waals surface area (Å²) < 4.78 is 0. The van der Waals surface area contributed by atoms with Gasteiger partial charge in [0.15, 0.2) is 0 Å². The van der Waals surface area contributed by atoms with Crippen LogP contribution >= 0.6 is 0 Å². The number of ketones is 1. The van der Waals surface area contributed by atoms with Crippen molar-refractivity contribution in [3.05, 3.63) is 35.4 Å². The van der Waals surface area contributed by atoms with Gasteiger partial charge >= 0.3 is 0 Å². The molecule has 3 aliphatic rings. The number of hydrogen-bond donors (Lipinski definition) is 1. The van der Waals surface area contributed by atoms with Crippen LogP contribution in [0.3, 0.4) is 0 Å². The third kappa shape index (κ3) is 1.50. The number of rotatable bonds is 0. The van der Waals surface area contributed by atoms with Crippen LogP contribution in [-0.2, 0) is 16.6 Å². The minimum absolute atomic E-state index is 0.147. The number of carbonyl (C=O) groups is 1. The molecule has 1 N–H and O–H groups in total. The van der Waals surface area contributed by atoms with Gasteiger partial charge in [-0.2, -0.15) is 0 Å². The number of piperidine rings is 1. The minimum atomic E-state index is 0.147. The molecule has 0 radical (unpaired) electrons. The molecule has 4 atom stereocenters. The van der Waals surface area contributed by atoms with Gasteiger partial charge in [-0.3, -0.25) is 4.79 Å². The highest BCUT2D eigenvalue weighted by molar-refractivity contribution is 5.83. The Morgan fingerprint density at radius 2 is 2.16 bits per heavy atom. The van der Waals surface area contributed by atoms with Crippen molar-refractivity contribution in [3.8, 4) is 0 Å². The van der Waals surface area contributed by atoms with Crippen LogP contribution in [0.4, 0.5) is 0 Å². The van der Waals surface area contributed by atoms with Gasteiger partial charge in [-0.25, -0.2) is 0 Å². The van der Waals surface area contributed by atoms with Crippen molar-refractivity contribution >= 4 is 5.78 Å². The fourth-order valence-corrected chi connectivity index (χ4v) is 4.87. The van der Waals surface area contributed by atoms with E-state index in [4.69, 9.17) is 0 Å². The van der Waals surface area contributed by atoms with E-state index in [1.54, 1.807) is 0 Å². The predicted octanol–water partition coefficient (Wildman–Crippen LogP) is 2.46. The normalized spacial score (nSPS) is 40.5. The van der Waals surface area contributed by atoms with Crippen LogP contribution in [0.1, 0.15) is 37.3 Å². The second-order valence-corrected chi connectivity index (χ2v) is 6.71. The molecule has 2 fully saturated rings. The molecule has 2 bridgehead atoms. The fraction of sp³-hybridized carbons (Fsp3) is 0.588. The van der Waals surface area contributed by atoms with Gasteiger partial charge in [0.1, 0.15) is 5.78 Å². The Hall–Kier alpha value is -1.15. The molecule has 1 aromatic carbocycles. The van der Waals surface area contributed by atoms with Crippen molar-refractivity contribution < 1.29 is 4.79 Å². The molecule has 1 aliphatic heterocycles. The van der Waals surface area contributed by atoms with E-state index in [0.29, 0.717) is 17.7 Å². The zero-order valence-corrected chi connectivity index (χ0v) is 11.5. The quantitative estimate of drug-likeness (QED) is 0.771. The molecule has 1 aromatic rings.